The molecule has 0 fully saturated rings. The molecule has 0 atom stereocenters. The van der Waals surface area contributed by atoms with Gasteiger partial charge >= 0.3 is 6.03 Å². The molecule has 2 aromatic rings. The smallest absolute Gasteiger partial charge is 0.310 e. The van der Waals surface area contributed by atoms with Gasteiger partial charge in [0.05, 0.1) is 17.3 Å². The Kier molecular flexibility index (Phi) is 4.08. The molecule has 7 heteroatoms. The highest BCUT2D eigenvalue weighted by Gasteiger charge is 2.10. The predicted octanol–water partition coefficient (Wildman–Crippen LogP) is 2.20. The average molecular weight is 281 g/mol. The molecule has 2 amide bonds. The van der Waals surface area contributed by atoms with Gasteiger partial charge in [0.25, 0.3) is 0 Å². The number of benzene rings is 1. The number of rotatable bonds is 3. The van der Waals surface area contributed by atoms with E-state index < -0.39 is 6.03 Å². The van der Waals surface area contributed by atoms with Crippen molar-refractivity contribution in [3.05, 3.63) is 41.5 Å². The van der Waals surface area contributed by atoms with E-state index in [1.807, 2.05) is 0 Å². The summed E-state index contributed by atoms with van der Waals surface area (Å²) in [6, 6.07) is 4.11. The molecule has 100 valence electrons. The van der Waals surface area contributed by atoms with E-state index in [2.05, 4.69) is 21.9 Å². The zero-order valence-corrected chi connectivity index (χ0v) is 11.0. The number of nitrogens with zero attached hydrogens (tertiary/aromatic N) is 2. The van der Waals surface area contributed by atoms with Gasteiger partial charge in [0.2, 0.25) is 0 Å². The van der Waals surface area contributed by atoms with E-state index in [1.54, 1.807) is 22.8 Å². The molecule has 2 rings (SSSR count). The van der Waals surface area contributed by atoms with E-state index in [4.69, 9.17) is 0 Å². The maximum atomic E-state index is 13.9. The molecule has 0 bridgehead atoms. The molecular formula is C12H12FN3O2S. The van der Waals surface area contributed by atoms with Gasteiger partial charge in [-0.25, -0.2) is 14.7 Å². The van der Waals surface area contributed by atoms with Crippen LogP contribution in [0.5, 0.6) is 0 Å². The Morgan fingerprint density at radius 2 is 2.47 bits per heavy atom. The molecule has 1 aromatic heterocycles. The molecule has 1 heterocycles. The monoisotopic (exact) mass is 281 g/mol. The summed E-state index contributed by atoms with van der Waals surface area (Å²) in [5.74, 6) is -0.357. The number of halogens is 1. The number of para-hydroxylation sites is 1. The third-order valence-corrected chi connectivity index (χ3v) is 3.39. The van der Waals surface area contributed by atoms with Gasteiger partial charge in [0.1, 0.15) is 5.82 Å². The Morgan fingerprint density at radius 3 is 3.16 bits per heavy atom. The molecule has 0 unspecified atom stereocenters. The Balaban J connectivity index is 2.67. The minimum atomic E-state index is -0.646. The molecule has 0 aliphatic carbocycles. The van der Waals surface area contributed by atoms with Crippen LogP contribution in [-0.4, -0.2) is 17.7 Å². The largest absolute Gasteiger partial charge is 0.367 e. The summed E-state index contributed by atoms with van der Waals surface area (Å²) in [7, 11) is 1.32. The Labute approximate surface area is 112 Å². The summed E-state index contributed by atoms with van der Waals surface area (Å²) in [6.45, 7) is 3.98. The lowest BCUT2D eigenvalue weighted by Crippen LogP contribution is -2.23. The van der Waals surface area contributed by atoms with Gasteiger partial charge in [-0.1, -0.05) is 23.5 Å². The van der Waals surface area contributed by atoms with Crippen molar-refractivity contribution in [2.45, 2.75) is 6.54 Å². The standard InChI is InChI=1S/C12H12FN3O2S/c1-3-7-16-10-8(13)5-4-6-9(10)19-12(16)14-11(17)15-18-2/h3-6H,1,7H2,2H3,(H,15,17). The number of aromatic nitrogens is 1. The second-order valence-electron chi connectivity index (χ2n) is 3.59. The summed E-state index contributed by atoms with van der Waals surface area (Å²) in [5.41, 5.74) is 2.50. The number of carbonyl (C=O) groups is 1. The van der Waals surface area contributed by atoms with E-state index in [0.717, 1.165) is 0 Å². The van der Waals surface area contributed by atoms with Crippen LogP contribution >= 0.6 is 11.3 Å². The fourth-order valence-corrected chi connectivity index (χ4v) is 2.72. The van der Waals surface area contributed by atoms with Crippen molar-refractivity contribution >= 4 is 27.6 Å². The van der Waals surface area contributed by atoms with E-state index in [9.17, 15) is 9.18 Å². The third kappa shape index (κ3) is 2.72. The second kappa shape index (κ2) is 5.77. The molecule has 0 radical (unpaired) electrons. The number of hydroxylamine groups is 1. The summed E-state index contributed by atoms with van der Waals surface area (Å²) in [5, 5.41) is 0. The highest BCUT2D eigenvalue weighted by Crippen LogP contribution is 2.20. The highest BCUT2D eigenvalue weighted by molar-refractivity contribution is 7.16. The highest BCUT2D eigenvalue weighted by atomic mass is 32.1. The van der Waals surface area contributed by atoms with Crippen molar-refractivity contribution in [1.29, 1.82) is 0 Å². The van der Waals surface area contributed by atoms with Gasteiger partial charge in [-0.3, -0.25) is 4.84 Å². The zero-order chi connectivity index (χ0) is 13.8. The van der Waals surface area contributed by atoms with Gasteiger partial charge in [0.15, 0.2) is 4.80 Å². The van der Waals surface area contributed by atoms with Crippen LogP contribution in [-0.2, 0) is 11.4 Å². The summed E-state index contributed by atoms with van der Waals surface area (Å²) in [4.78, 5) is 20.1. The maximum Gasteiger partial charge on any atom is 0.367 e. The van der Waals surface area contributed by atoms with Gasteiger partial charge in [0, 0.05) is 6.54 Å². The van der Waals surface area contributed by atoms with Gasteiger partial charge in [-0.15, -0.1) is 6.58 Å². The van der Waals surface area contributed by atoms with E-state index in [-0.39, 0.29) is 5.82 Å². The van der Waals surface area contributed by atoms with Crippen LogP contribution in [0.4, 0.5) is 9.18 Å². The SMILES string of the molecule is C=CCn1c(=NC(=O)NOC)sc2cccc(F)c21. The van der Waals surface area contributed by atoms with Crippen molar-refractivity contribution < 1.29 is 14.0 Å². The van der Waals surface area contributed by atoms with Crippen molar-refractivity contribution in [3.8, 4) is 0 Å². The lowest BCUT2D eigenvalue weighted by Gasteiger charge is -2.01. The van der Waals surface area contributed by atoms with Crippen LogP contribution in [0, 0.1) is 5.82 Å². The minimum absolute atomic E-state index is 0.357. The molecule has 0 saturated heterocycles. The fourth-order valence-electron chi connectivity index (χ4n) is 1.67. The van der Waals surface area contributed by atoms with Crippen molar-refractivity contribution in [1.82, 2.24) is 10.0 Å². The number of hydrogen-bond donors (Lipinski definition) is 1. The number of thiazole rings is 1. The predicted molar refractivity (Wildman–Crippen MR) is 71.1 cm³/mol. The van der Waals surface area contributed by atoms with Crippen LogP contribution in [0.15, 0.2) is 35.8 Å². The Bertz CT molecular complexity index is 690. The molecule has 5 nitrogen and oxygen atoms in total. The van der Waals surface area contributed by atoms with E-state index in [0.29, 0.717) is 21.6 Å². The van der Waals surface area contributed by atoms with Gasteiger partial charge in [-0.2, -0.15) is 4.99 Å². The van der Waals surface area contributed by atoms with Crippen LogP contribution in [0.3, 0.4) is 0 Å². The normalized spacial score (nSPS) is 11.8. The first-order valence-electron chi connectivity index (χ1n) is 5.43. The van der Waals surface area contributed by atoms with E-state index in [1.165, 1.54) is 24.5 Å². The zero-order valence-electron chi connectivity index (χ0n) is 10.2. The van der Waals surface area contributed by atoms with Crippen LogP contribution < -0.4 is 10.3 Å². The number of hydrogen-bond acceptors (Lipinski definition) is 3. The fraction of sp³-hybridized carbons (Fsp3) is 0.167. The summed E-state index contributed by atoms with van der Waals surface area (Å²) in [6.07, 6.45) is 1.62. The van der Waals surface area contributed by atoms with Crippen molar-refractivity contribution in [3.63, 3.8) is 0 Å². The number of carbonyl (C=O) groups excluding carboxylic acids is 1. The molecule has 0 aliphatic rings. The van der Waals surface area contributed by atoms with E-state index >= 15 is 0 Å². The second-order valence-corrected chi connectivity index (χ2v) is 4.60. The molecule has 0 aliphatic heterocycles. The average Bonchev–Trinajstić information content (AvgIpc) is 2.69. The molecule has 1 aromatic carbocycles. The molecule has 1 N–H and O–H groups in total. The number of urea groups is 1. The number of nitrogens with one attached hydrogen (secondary N) is 1. The van der Waals surface area contributed by atoms with Gasteiger partial charge in [-0.05, 0) is 12.1 Å². The molecular weight excluding hydrogens is 269 g/mol. The van der Waals surface area contributed by atoms with Crippen LogP contribution in [0.1, 0.15) is 0 Å². The lowest BCUT2D eigenvalue weighted by molar-refractivity contribution is 0.112. The van der Waals surface area contributed by atoms with Crippen molar-refractivity contribution in [2.75, 3.05) is 7.11 Å². The number of amides is 2. The molecule has 0 saturated carbocycles. The third-order valence-electron chi connectivity index (χ3n) is 2.35. The minimum Gasteiger partial charge on any atom is -0.310 e. The Morgan fingerprint density at radius 1 is 1.68 bits per heavy atom. The van der Waals surface area contributed by atoms with Crippen LogP contribution in [0.2, 0.25) is 0 Å². The summed E-state index contributed by atoms with van der Waals surface area (Å²) < 4.78 is 16.2. The van der Waals surface area contributed by atoms with Crippen LogP contribution in [0.25, 0.3) is 10.2 Å². The summed E-state index contributed by atoms with van der Waals surface area (Å²) >= 11 is 1.22. The first kappa shape index (κ1) is 13.4. The molecule has 19 heavy (non-hydrogen) atoms. The van der Waals surface area contributed by atoms with Gasteiger partial charge < -0.3 is 4.57 Å². The topological polar surface area (TPSA) is 55.6 Å². The Hall–Kier alpha value is -1.99. The number of allylic oxidation sites excluding steroid dienone is 1. The lowest BCUT2D eigenvalue weighted by atomic mass is 10.3. The maximum absolute atomic E-state index is 13.9. The molecule has 0 spiro atoms. The van der Waals surface area contributed by atoms with Crippen molar-refractivity contribution in [2.24, 2.45) is 4.99 Å². The number of fused-ring (bicyclic) bond motifs is 1. The first-order valence-corrected chi connectivity index (χ1v) is 6.25. The first-order chi connectivity index (χ1) is 9.17. The quantitative estimate of drug-likeness (QED) is 0.692.